The highest BCUT2D eigenvalue weighted by molar-refractivity contribution is 7.89. The van der Waals surface area contributed by atoms with Crippen LogP contribution >= 0.6 is 11.6 Å². The van der Waals surface area contributed by atoms with Crippen LogP contribution in [0.15, 0.2) is 52.0 Å². The highest BCUT2D eigenvalue weighted by Gasteiger charge is 2.32. The first-order chi connectivity index (χ1) is 13.9. The molecule has 0 saturated carbocycles. The Kier molecular flexibility index (Phi) is 5.39. The minimum absolute atomic E-state index is 0.0436. The lowest BCUT2D eigenvalue weighted by atomic mass is 10.3. The number of sulfonamides is 1. The predicted octanol–water partition coefficient (Wildman–Crippen LogP) is 1.79. The molecule has 152 valence electrons. The predicted molar refractivity (Wildman–Crippen MR) is 104 cm³/mol. The third kappa shape index (κ3) is 4.04. The van der Waals surface area contributed by atoms with Gasteiger partial charge < -0.3 is 9.64 Å². The number of benzene rings is 2. The molecule has 1 saturated heterocycles. The smallest absolute Gasteiger partial charge is 0.260 e. The summed E-state index contributed by atoms with van der Waals surface area (Å²) < 4.78 is 37.4. The molecule has 0 N–H and O–H groups in total. The molecule has 3 aromatic rings. The third-order valence-electron chi connectivity index (χ3n) is 4.63. The van der Waals surface area contributed by atoms with Crippen LogP contribution in [0.4, 0.5) is 0 Å². The largest absolute Gasteiger partial charge is 0.484 e. The van der Waals surface area contributed by atoms with Gasteiger partial charge in [0, 0.05) is 31.2 Å². The molecule has 0 spiro atoms. The van der Waals surface area contributed by atoms with Gasteiger partial charge in [-0.05, 0) is 46.7 Å². The van der Waals surface area contributed by atoms with Crippen LogP contribution in [0, 0.1) is 0 Å². The van der Waals surface area contributed by atoms with Gasteiger partial charge in [-0.1, -0.05) is 17.7 Å². The molecule has 29 heavy (non-hydrogen) atoms. The fourth-order valence-corrected chi connectivity index (χ4v) is 4.76. The van der Waals surface area contributed by atoms with Gasteiger partial charge in [0.15, 0.2) is 12.1 Å². The third-order valence-corrected chi connectivity index (χ3v) is 6.82. The number of hydrogen-bond acceptors (Lipinski definition) is 7. The van der Waals surface area contributed by atoms with Gasteiger partial charge in [-0.15, -0.1) is 0 Å². The average molecular weight is 437 g/mol. The molecule has 1 aromatic heterocycles. The van der Waals surface area contributed by atoms with Crippen molar-refractivity contribution in [2.75, 3.05) is 32.8 Å². The summed E-state index contributed by atoms with van der Waals surface area (Å²) in [7, 11) is -3.78. The Hall–Kier alpha value is -2.69. The van der Waals surface area contributed by atoms with Crippen molar-refractivity contribution in [3.8, 4) is 5.75 Å². The summed E-state index contributed by atoms with van der Waals surface area (Å²) in [6, 6.07) is 11.4. The Labute approximate surface area is 171 Å². The lowest BCUT2D eigenvalue weighted by Gasteiger charge is -2.33. The van der Waals surface area contributed by atoms with Crippen LogP contribution in [0.2, 0.25) is 5.02 Å². The van der Waals surface area contributed by atoms with E-state index in [0.29, 0.717) is 16.3 Å². The van der Waals surface area contributed by atoms with E-state index in [1.54, 1.807) is 41.3 Å². The quantitative estimate of drug-likeness (QED) is 0.600. The molecule has 2 aromatic carbocycles. The van der Waals surface area contributed by atoms with Crippen LogP contribution < -0.4 is 4.74 Å². The van der Waals surface area contributed by atoms with Crippen LogP contribution in [0.3, 0.4) is 0 Å². The summed E-state index contributed by atoms with van der Waals surface area (Å²) in [6.07, 6.45) is 0. The number of ether oxygens (including phenoxy) is 1. The number of piperazine rings is 1. The van der Waals surface area contributed by atoms with Crippen LogP contribution in [0.25, 0.3) is 11.0 Å². The molecule has 1 fully saturated rings. The number of hydrogen-bond donors (Lipinski definition) is 0. The van der Waals surface area contributed by atoms with Crippen molar-refractivity contribution in [1.29, 1.82) is 0 Å². The molecular weight excluding hydrogens is 420 g/mol. The molecular formula is C18H17ClN4O5S. The lowest BCUT2D eigenvalue weighted by Crippen LogP contribution is -2.51. The normalized spacial score (nSPS) is 15.6. The van der Waals surface area contributed by atoms with E-state index in [1.165, 1.54) is 10.4 Å². The second-order valence-corrected chi connectivity index (χ2v) is 8.76. The number of aromatic nitrogens is 2. The Morgan fingerprint density at radius 2 is 1.79 bits per heavy atom. The number of nitrogens with zero attached hydrogens (tertiary/aromatic N) is 4. The van der Waals surface area contributed by atoms with E-state index in [-0.39, 0.29) is 49.1 Å². The van der Waals surface area contributed by atoms with Gasteiger partial charge >= 0.3 is 0 Å². The summed E-state index contributed by atoms with van der Waals surface area (Å²) in [4.78, 5) is 14.0. The fourth-order valence-electron chi connectivity index (χ4n) is 3.07. The van der Waals surface area contributed by atoms with Gasteiger partial charge in [-0.2, -0.15) is 4.31 Å². The van der Waals surface area contributed by atoms with E-state index in [0.717, 1.165) is 0 Å². The second-order valence-electron chi connectivity index (χ2n) is 6.42. The molecule has 2 heterocycles. The van der Waals surface area contributed by atoms with E-state index in [1.807, 2.05) is 0 Å². The standard InChI is InChI=1S/C18H17ClN4O5S/c19-13-4-6-14(7-5-13)27-12-17(24)22-8-10-23(11-9-22)29(25,26)16-3-1-2-15-18(16)21-28-20-15/h1-7H,8-12H2. The van der Waals surface area contributed by atoms with Gasteiger partial charge in [-0.3, -0.25) is 4.79 Å². The topological polar surface area (TPSA) is 106 Å². The lowest BCUT2D eigenvalue weighted by molar-refractivity contribution is -0.134. The number of carbonyl (C=O) groups is 1. The maximum atomic E-state index is 13.0. The van der Waals surface area contributed by atoms with E-state index in [4.69, 9.17) is 16.3 Å². The molecule has 9 nitrogen and oxygen atoms in total. The number of carbonyl (C=O) groups excluding carboxylic acids is 1. The van der Waals surface area contributed by atoms with E-state index >= 15 is 0 Å². The van der Waals surface area contributed by atoms with Crippen molar-refractivity contribution in [3.63, 3.8) is 0 Å². The van der Waals surface area contributed by atoms with E-state index < -0.39 is 10.0 Å². The highest BCUT2D eigenvalue weighted by atomic mass is 35.5. The second kappa shape index (κ2) is 7.97. The first kappa shape index (κ1) is 19.6. The molecule has 0 atom stereocenters. The minimum atomic E-state index is -3.78. The molecule has 0 radical (unpaired) electrons. The zero-order chi connectivity index (χ0) is 20.4. The molecule has 1 amide bonds. The van der Waals surface area contributed by atoms with Crippen LogP contribution in [-0.4, -0.2) is 66.6 Å². The SMILES string of the molecule is O=C(COc1ccc(Cl)cc1)N1CCN(S(=O)(=O)c2cccc3nonc23)CC1. The average Bonchev–Trinajstić information content (AvgIpc) is 3.22. The summed E-state index contributed by atoms with van der Waals surface area (Å²) >= 11 is 5.82. The van der Waals surface area contributed by atoms with Gasteiger partial charge in [0.1, 0.15) is 16.2 Å². The monoisotopic (exact) mass is 436 g/mol. The van der Waals surface area contributed by atoms with Gasteiger partial charge in [-0.25, -0.2) is 13.0 Å². The molecule has 0 bridgehead atoms. The van der Waals surface area contributed by atoms with Crippen molar-refractivity contribution >= 4 is 38.6 Å². The summed E-state index contributed by atoms with van der Waals surface area (Å²) in [5, 5.41) is 7.96. The van der Waals surface area contributed by atoms with Crippen molar-refractivity contribution in [2.45, 2.75) is 4.90 Å². The van der Waals surface area contributed by atoms with Crippen LogP contribution in [-0.2, 0) is 14.8 Å². The Morgan fingerprint density at radius 1 is 1.07 bits per heavy atom. The van der Waals surface area contributed by atoms with Crippen molar-refractivity contribution in [2.24, 2.45) is 0 Å². The van der Waals surface area contributed by atoms with Crippen molar-refractivity contribution in [1.82, 2.24) is 19.5 Å². The van der Waals surface area contributed by atoms with Crippen LogP contribution in [0.5, 0.6) is 5.75 Å². The molecule has 0 unspecified atom stereocenters. The Morgan fingerprint density at radius 3 is 2.52 bits per heavy atom. The van der Waals surface area contributed by atoms with Gasteiger partial charge in [0.05, 0.1) is 0 Å². The molecule has 0 aliphatic carbocycles. The van der Waals surface area contributed by atoms with E-state index in [9.17, 15) is 13.2 Å². The first-order valence-corrected chi connectivity index (χ1v) is 10.6. The number of fused-ring (bicyclic) bond motifs is 1. The molecule has 1 aliphatic rings. The zero-order valence-electron chi connectivity index (χ0n) is 15.2. The fraction of sp³-hybridized carbons (Fsp3) is 0.278. The number of rotatable bonds is 5. The number of amides is 1. The summed E-state index contributed by atoms with van der Waals surface area (Å²) in [5.74, 6) is 0.332. The minimum Gasteiger partial charge on any atom is -0.484 e. The summed E-state index contributed by atoms with van der Waals surface area (Å²) in [5.41, 5.74) is 0.571. The molecule has 1 aliphatic heterocycles. The Bertz CT molecular complexity index is 1120. The first-order valence-electron chi connectivity index (χ1n) is 8.83. The molecule has 11 heteroatoms. The maximum Gasteiger partial charge on any atom is 0.260 e. The van der Waals surface area contributed by atoms with Crippen molar-refractivity contribution in [3.05, 3.63) is 47.5 Å². The highest BCUT2D eigenvalue weighted by Crippen LogP contribution is 2.24. The van der Waals surface area contributed by atoms with Gasteiger partial charge in [0.25, 0.3) is 5.91 Å². The molecule has 4 rings (SSSR count). The van der Waals surface area contributed by atoms with Crippen LogP contribution in [0.1, 0.15) is 0 Å². The number of halogens is 1. The van der Waals surface area contributed by atoms with Crippen molar-refractivity contribution < 1.29 is 22.6 Å². The Balaban J connectivity index is 1.38. The van der Waals surface area contributed by atoms with Gasteiger partial charge in [0.2, 0.25) is 10.0 Å². The zero-order valence-corrected chi connectivity index (χ0v) is 16.8. The summed E-state index contributed by atoms with van der Waals surface area (Å²) in [6.45, 7) is 0.774. The van der Waals surface area contributed by atoms with E-state index in [2.05, 4.69) is 14.9 Å². The maximum absolute atomic E-state index is 13.0.